The SMILES string of the molecule is CC(O)CN(C)C(=O)c1cc(=O)[nH]c(=O)[nH]1. The Morgan fingerprint density at radius 3 is 2.62 bits per heavy atom. The quantitative estimate of drug-likeness (QED) is 0.585. The van der Waals surface area contributed by atoms with Gasteiger partial charge in [-0.05, 0) is 6.92 Å². The summed E-state index contributed by atoms with van der Waals surface area (Å²) in [6.45, 7) is 1.65. The van der Waals surface area contributed by atoms with E-state index in [1.165, 1.54) is 18.9 Å². The monoisotopic (exact) mass is 227 g/mol. The molecule has 0 fully saturated rings. The normalized spacial score (nSPS) is 12.2. The molecule has 3 N–H and O–H groups in total. The number of H-pyrrole nitrogens is 2. The van der Waals surface area contributed by atoms with E-state index in [-0.39, 0.29) is 12.2 Å². The molecule has 0 radical (unpaired) electrons. The molecule has 0 spiro atoms. The number of carbonyl (C=O) groups excluding carboxylic acids is 1. The number of amides is 1. The molecule has 0 aliphatic rings. The molecule has 0 bridgehead atoms. The zero-order chi connectivity index (χ0) is 12.3. The summed E-state index contributed by atoms with van der Waals surface area (Å²) in [6, 6.07) is 1.00. The number of hydrogen-bond donors (Lipinski definition) is 3. The third kappa shape index (κ3) is 3.06. The fraction of sp³-hybridized carbons (Fsp3) is 0.444. The van der Waals surface area contributed by atoms with Crippen LogP contribution in [-0.2, 0) is 0 Å². The van der Waals surface area contributed by atoms with E-state index in [2.05, 4.69) is 4.98 Å². The highest BCUT2D eigenvalue weighted by Crippen LogP contribution is 1.96. The first-order valence-electron chi connectivity index (χ1n) is 4.67. The third-order valence-corrected chi connectivity index (χ3v) is 1.88. The lowest BCUT2D eigenvalue weighted by atomic mass is 10.3. The van der Waals surface area contributed by atoms with Crippen molar-refractivity contribution in [1.29, 1.82) is 0 Å². The Morgan fingerprint density at radius 1 is 1.50 bits per heavy atom. The first kappa shape index (κ1) is 12.2. The van der Waals surface area contributed by atoms with E-state index in [0.717, 1.165) is 6.07 Å². The van der Waals surface area contributed by atoms with Gasteiger partial charge in [-0.1, -0.05) is 0 Å². The van der Waals surface area contributed by atoms with Gasteiger partial charge in [0.2, 0.25) is 0 Å². The Morgan fingerprint density at radius 2 is 2.12 bits per heavy atom. The molecular formula is C9H13N3O4. The van der Waals surface area contributed by atoms with Crippen LogP contribution in [0.4, 0.5) is 0 Å². The highest BCUT2D eigenvalue weighted by Gasteiger charge is 2.14. The predicted octanol–water partition coefficient (Wildman–Crippen LogP) is -1.48. The number of aromatic amines is 2. The highest BCUT2D eigenvalue weighted by atomic mass is 16.3. The van der Waals surface area contributed by atoms with Crippen molar-refractivity contribution in [3.8, 4) is 0 Å². The van der Waals surface area contributed by atoms with Gasteiger partial charge >= 0.3 is 5.69 Å². The van der Waals surface area contributed by atoms with Gasteiger partial charge in [-0.25, -0.2) is 4.79 Å². The minimum atomic E-state index is -0.735. The van der Waals surface area contributed by atoms with Gasteiger partial charge in [0.1, 0.15) is 5.69 Å². The first-order valence-corrected chi connectivity index (χ1v) is 4.67. The van der Waals surface area contributed by atoms with Crippen LogP contribution >= 0.6 is 0 Å². The minimum absolute atomic E-state index is 0.100. The van der Waals surface area contributed by atoms with E-state index in [1.54, 1.807) is 0 Å². The van der Waals surface area contributed by atoms with Crippen molar-refractivity contribution in [2.75, 3.05) is 13.6 Å². The van der Waals surface area contributed by atoms with Crippen LogP contribution < -0.4 is 11.2 Å². The Balaban J connectivity index is 2.96. The lowest BCUT2D eigenvalue weighted by Gasteiger charge is -2.18. The summed E-state index contributed by atoms with van der Waals surface area (Å²) in [5.74, 6) is -0.524. The average Bonchev–Trinajstić information content (AvgIpc) is 2.13. The minimum Gasteiger partial charge on any atom is -0.392 e. The van der Waals surface area contributed by atoms with Crippen LogP contribution in [0.25, 0.3) is 0 Å². The Bertz CT molecular complexity index is 460. The van der Waals surface area contributed by atoms with Crippen molar-refractivity contribution in [3.05, 3.63) is 32.6 Å². The Kier molecular flexibility index (Phi) is 3.62. The summed E-state index contributed by atoms with van der Waals surface area (Å²) in [7, 11) is 1.47. The van der Waals surface area contributed by atoms with E-state index in [0.29, 0.717) is 0 Å². The van der Waals surface area contributed by atoms with Gasteiger partial charge < -0.3 is 15.0 Å². The number of rotatable bonds is 3. The van der Waals surface area contributed by atoms with Crippen LogP contribution in [-0.4, -0.2) is 45.6 Å². The Labute approximate surface area is 90.7 Å². The van der Waals surface area contributed by atoms with Crippen LogP contribution in [0.5, 0.6) is 0 Å². The van der Waals surface area contributed by atoms with E-state index in [9.17, 15) is 14.4 Å². The van der Waals surface area contributed by atoms with Gasteiger partial charge in [0.15, 0.2) is 0 Å². The molecule has 1 rings (SSSR count). The molecule has 0 aliphatic carbocycles. The lowest BCUT2D eigenvalue weighted by Crippen LogP contribution is -2.36. The maximum absolute atomic E-state index is 11.7. The maximum atomic E-state index is 11.7. The molecule has 0 aromatic carbocycles. The predicted molar refractivity (Wildman–Crippen MR) is 56.3 cm³/mol. The standard InChI is InChI=1S/C9H13N3O4/c1-5(13)4-12(2)8(15)6-3-7(14)11-9(16)10-6/h3,5,13H,4H2,1-2H3,(H2,10,11,14,16). The largest absolute Gasteiger partial charge is 0.392 e. The van der Waals surface area contributed by atoms with Crippen molar-refractivity contribution in [2.24, 2.45) is 0 Å². The van der Waals surface area contributed by atoms with Crippen molar-refractivity contribution >= 4 is 5.91 Å². The van der Waals surface area contributed by atoms with E-state index >= 15 is 0 Å². The van der Waals surface area contributed by atoms with E-state index in [1.807, 2.05) is 4.98 Å². The molecule has 1 heterocycles. The van der Waals surface area contributed by atoms with E-state index in [4.69, 9.17) is 5.11 Å². The van der Waals surface area contributed by atoms with Gasteiger partial charge in [-0.2, -0.15) is 0 Å². The molecular weight excluding hydrogens is 214 g/mol. The summed E-state index contributed by atoms with van der Waals surface area (Å²) >= 11 is 0. The number of aromatic nitrogens is 2. The number of likely N-dealkylation sites (N-methyl/N-ethyl adjacent to an activating group) is 1. The van der Waals surface area contributed by atoms with Gasteiger partial charge in [0, 0.05) is 19.7 Å². The molecule has 16 heavy (non-hydrogen) atoms. The van der Waals surface area contributed by atoms with Gasteiger partial charge in [0.05, 0.1) is 6.10 Å². The second kappa shape index (κ2) is 4.75. The number of hydrogen-bond acceptors (Lipinski definition) is 4. The third-order valence-electron chi connectivity index (χ3n) is 1.88. The summed E-state index contributed by atoms with van der Waals surface area (Å²) in [4.78, 5) is 39.0. The van der Waals surface area contributed by atoms with Gasteiger partial charge in [-0.15, -0.1) is 0 Å². The topological polar surface area (TPSA) is 106 Å². The zero-order valence-electron chi connectivity index (χ0n) is 8.98. The van der Waals surface area contributed by atoms with Crippen molar-refractivity contribution < 1.29 is 9.90 Å². The molecule has 7 heteroatoms. The lowest BCUT2D eigenvalue weighted by molar-refractivity contribution is 0.0697. The number of carbonyl (C=O) groups is 1. The molecule has 1 amide bonds. The first-order chi connectivity index (χ1) is 7.40. The molecule has 1 aromatic heterocycles. The van der Waals surface area contributed by atoms with Crippen LogP contribution in [0.1, 0.15) is 17.4 Å². The second-order valence-corrected chi connectivity index (χ2v) is 3.54. The molecule has 0 aliphatic heterocycles. The molecule has 0 saturated heterocycles. The fourth-order valence-electron chi connectivity index (χ4n) is 1.27. The Hall–Kier alpha value is -1.89. The van der Waals surface area contributed by atoms with Gasteiger partial charge in [-0.3, -0.25) is 14.6 Å². The molecule has 0 saturated carbocycles. The number of nitrogens with zero attached hydrogens (tertiary/aromatic N) is 1. The molecule has 1 unspecified atom stereocenters. The smallest absolute Gasteiger partial charge is 0.326 e. The highest BCUT2D eigenvalue weighted by molar-refractivity contribution is 5.91. The number of aliphatic hydroxyl groups is 1. The maximum Gasteiger partial charge on any atom is 0.326 e. The molecule has 1 atom stereocenters. The molecule has 88 valence electrons. The van der Waals surface area contributed by atoms with Gasteiger partial charge in [0.25, 0.3) is 11.5 Å². The van der Waals surface area contributed by atoms with Crippen LogP contribution in [0.3, 0.4) is 0 Å². The van der Waals surface area contributed by atoms with Crippen molar-refractivity contribution in [1.82, 2.24) is 14.9 Å². The van der Waals surface area contributed by atoms with E-state index < -0.39 is 23.3 Å². The van der Waals surface area contributed by atoms with Crippen molar-refractivity contribution in [3.63, 3.8) is 0 Å². The summed E-state index contributed by atoms with van der Waals surface area (Å²) < 4.78 is 0. The number of nitrogens with one attached hydrogen (secondary N) is 2. The van der Waals surface area contributed by atoms with Crippen molar-refractivity contribution in [2.45, 2.75) is 13.0 Å². The van der Waals surface area contributed by atoms with Crippen LogP contribution in [0.15, 0.2) is 15.7 Å². The summed E-state index contributed by atoms with van der Waals surface area (Å²) in [6.07, 6.45) is -0.678. The average molecular weight is 227 g/mol. The second-order valence-electron chi connectivity index (χ2n) is 3.54. The fourth-order valence-corrected chi connectivity index (χ4v) is 1.27. The number of aliphatic hydroxyl groups excluding tert-OH is 1. The summed E-state index contributed by atoms with van der Waals surface area (Å²) in [5, 5.41) is 9.09. The summed E-state index contributed by atoms with van der Waals surface area (Å²) in [5.41, 5.74) is -1.48. The molecule has 7 nitrogen and oxygen atoms in total. The van der Waals surface area contributed by atoms with Crippen LogP contribution in [0, 0.1) is 0 Å². The van der Waals surface area contributed by atoms with Crippen LogP contribution in [0.2, 0.25) is 0 Å². The zero-order valence-corrected chi connectivity index (χ0v) is 8.98. The molecule has 1 aromatic rings.